The van der Waals surface area contributed by atoms with Crippen LogP contribution in [0.15, 0.2) is 0 Å². The Morgan fingerprint density at radius 1 is 1.09 bits per heavy atom. The van der Waals surface area contributed by atoms with Crippen LogP contribution in [0.2, 0.25) is 0 Å². The number of hydrogen-bond acceptors (Lipinski definition) is 5. The van der Waals surface area contributed by atoms with Gasteiger partial charge in [0.2, 0.25) is 10.0 Å². The Morgan fingerprint density at radius 3 is 2.05 bits per heavy atom. The standard InChI is InChI=1S/C15H33N3O3S/c1-15(2,3)14(19)13-18-10-8-17(9-11-18)7-6-12-22(20,21)16(4)5/h14,19H,6-13H2,1-5H3/t14-/m1/s1. The first-order valence-electron chi connectivity index (χ1n) is 8.05. The smallest absolute Gasteiger partial charge is 0.213 e. The molecular weight excluding hydrogens is 302 g/mol. The molecule has 0 bridgehead atoms. The van der Waals surface area contributed by atoms with Gasteiger partial charge in [-0.1, -0.05) is 20.8 Å². The quantitative estimate of drug-likeness (QED) is 0.725. The Morgan fingerprint density at radius 2 is 1.59 bits per heavy atom. The summed E-state index contributed by atoms with van der Waals surface area (Å²) in [6, 6.07) is 0. The van der Waals surface area contributed by atoms with Crippen molar-refractivity contribution in [2.45, 2.75) is 33.3 Å². The van der Waals surface area contributed by atoms with E-state index in [4.69, 9.17) is 0 Å². The number of aliphatic hydroxyl groups excluding tert-OH is 1. The molecule has 1 heterocycles. The largest absolute Gasteiger partial charge is 0.391 e. The highest BCUT2D eigenvalue weighted by molar-refractivity contribution is 7.89. The van der Waals surface area contributed by atoms with Crippen LogP contribution >= 0.6 is 0 Å². The van der Waals surface area contributed by atoms with Crippen molar-refractivity contribution < 1.29 is 13.5 Å². The van der Waals surface area contributed by atoms with Crippen molar-refractivity contribution in [3.05, 3.63) is 0 Å². The molecule has 7 heteroatoms. The number of aliphatic hydroxyl groups is 1. The summed E-state index contributed by atoms with van der Waals surface area (Å²) in [5.41, 5.74) is -0.0856. The fourth-order valence-electron chi connectivity index (χ4n) is 2.37. The Balaban J connectivity index is 2.26. The summed E-state index contributed by atoms with van der Waals surface area (Å²) in [6.45, 7) is 11.5. The molecule has 1 rings (SSSR count). The van der Waals surface area contributed by atoms with Gasteiger partial charge in [0.05, 0.1) is 11.9 Å². The van der Waals surface area contributed by atoms with Gasteiger partial charge in [-0.3, -0.25) is 4.90 Å². The van der Waals surface area contributed by atoms with Crippen molar-refractivity contribution in [3.8, 4) is 0 Å². The number of rotatable bonds is 7. The molecule has 0 spiro atoms. The van der Waals surface area contributed by atoms with Gasteiger partial charge in [-0.25, -0.2) is 12.7 Å². The van der Waals surface area contributed by atoms with Crippen LogP contribution in [0.3, 0.4) is 0 Å². The molecule has 132 valence electrons. The molecule has 0 aromatic carbocycles. The zero-order valence-corrected chi connectivity index (χ0v) is 15.6. The summed E-state index contributed by atoms with van der Waals surface area (Å²) >= 11 is 0. The highest BCUT2D eigenvalue weighted by Crippen LogP contribution is 2.20. The number of sulfonamides is 1. The van der Waals surface area contributed by atoms with Gasteiger partial charge in [-0.2, -0.15) is 0 Å². The minimum atomic E-state index is -3.08. The second kappa shape index (κ2) is 8.06. The van der Waals surface area contributed by atoms with Crippen molar-refractivity contribution >= 4 is 10.0 Å². The van der Waals surface area contributed by atoms with E-state index in [1.807, 2.05) is 0 Å². The van der Waals surface area contributed by atoms with E-state index < -0.39 is 10.0 Å². The second-order valence-electron chi connectivity index (χ2n) is 7.48. The normalized spacial score (nSPS) is 20.5. The molecule has 0 radical (unpaired) electrons. The zero-order chi connectivity index (χ0) is 17.0. The predicted octanol–water partition coefficient (Wildman–Crippen LogP) is 0.293. The van der Waals surface area contributed by atoms with Crippen LogP contribution in [0.25, 0.3) is 0 Å². The monoisotopic (exact) mass is 335 g/mol. The van der Waals surface area contributed by atoms with Gasteiger partial charge in [0.15, 0.2) is 0 Å². The maximum Gasteiger partial charge on any atom is 0.213 e. The van der Waals surface area contributed by atoms with Gasteiger partial charge < -0.3 is 10.0 Å². The van der Waals surface area contributed by atoms with Crippen LogP contribution in [-0.2, 0) is 10.0 Å². The van der Waals surface area contributed by atoms with Gasteiger partial charge in [0, 0.05) is 46.8 Å². The van der Waals surface area contributed by atoms with E-state index in [0.29, 0.717) is 13.0 Å². The van der Waals surface area contributed by atoms with Crippen LogP contribution in [-0.4, -0.2) is 92.9 Å². The summed E-state index contributed by atoms with van der Waals surface area (Å²) < 4.78 is 24.7. The summed E-state index contributed by atoms with van der Waals surface area (Å²) in [4.78, 5) is 4.61. The molecule has 6 nitrogen and oxygen atoms in total. The maximum atomic E-state index is 11.7. The average molecular weight is 336 g/mol. The van der Waals surface area contributed by atoms with Crippen molar-refractivity contribution in [1.82, 2.24) is 14.1 Å². The van der Waals surface area contributed by atoms with Crippen LogP contribution < -0.4 is 0 Å². The van der Waals surface area contributed by atoms with E-state index in [2.05, 4.69) is 30.6 Å². The van der Waals surface area contributed by atoms with Crippen molar-refractivity contribution in [3.63, 3.8) is 0 Å². The first-order chi connectivity index (χ1) is 10.0. The van der Waals surface area contributed by atoms with E-state index >= 15 is 0 Å². The van der Waals surface area contributed by atoms with Gasteiger partial charge in [-0.15, -0.1) is 0 Å². The first kappa shape index (κ1) is 19.8. The second-order valence-corrected chi connectivity index (χ2v) is 9.78. The number of hydrogen-bond donors (Lipinski definition) is 1. The molecule has 1 N–H and O–H groups in total. The molecule has 0 saturated carbocycles. The Kier molecular flexibility index (Phi) is 7.26. The molecule has 1 aliphatic rings. The fraction of sp³-hybridized carbons (Fsp3) is 1.00. The lowest BCUT2D eigenvalue weighted by Gasteiger charge is -2.38. The van der Waals surface area contributed by atoms with Crippen LogP contribution in [0.1, 0.15) is 27.2 Å². The lowest BCUT2D eigenvalue weighted by molar-refractivity contribution is 0.0135. The first-order valence-corrected chi connectivity index (χ1v) is 9.66. The molecule has 0 unspecified atom stereocenters. The number of β-amino-alcohol motifs (C(OH)–C–C–N with tert-alkyl or cyclic N) is 1. The summed E-state index contributed by atoms with van der Waals surface area (Å²) in [5.74, 6) is 0.211. The van der Waals surface area contributed by atoms with Crippen molar-refractivity contribution in [2.24, 2.45) is 5.41 Å². The van der Waals surface area contributed by atoms with Crippen molar-refractivity contribution in [2.75, 3.05) is 59.1 Å². The molecule has 1 fully saturated rings. The van der Waals surface area contributed by atoms with Crippen LogP contribution in [0, 0.1) is 5.41 Å². The molecule has 1 atom stereocenters. The third-order valence-electron chi connectivity index (χ3n) is 4.33. The summed E-state index contributed by atoms with van der Waals surface area (Å²) in [5, 5.41) is 10.2. The van der Waals surface area contributed by atoms with Gasteiger partial charge in [0.1, 0.15) is 0 Å². The molecule has 22 heavy (non-hydrogen) atoms. The van der Waals surface area contributed by atoms with E-state index in [1.165, 1.54) is 4.31 Å². The van der Waals surface area contributed by atoms with Crippen LogP contribution in [0.4, 0.5) is 0 Å². The summed E-state index contributed by atoms with van der Waals surface area (Å²) in [6.07, 6.45) is 0.356. The molecule has 0 aromatic heterocycles. The van der Waals surface area contributed by atoms with E-state index in [1.54, 1.807) is 14.1 Å². The fourth-order valence-corrected chi connectivity index (χ4v) is 3.23. The Labute approximate surface area is 136 Å². The topological polar surface area (TPSA) is 64.1 Å². The predicted molar refractivity (Wildman–Crippen MR) is 90.4 cm³/mol. The highest BCUT2D eigenvalue weighted by atomic mass is 32.2. The van der Waals surface area contributed by atoms with E-state index in [-0.39, 0.29) is 17.3 Å². The SMILES string of the molecule is CN(C)S(=O)(=O)CCCN1CCN(C[C@@H](O)C(C)(C)C)CC1. The highest BCUT2D eigenvalue weighted by Gasteiger charge is 2.26. The third-order valence-corrected chi connectivity index (χ3v) is 6.25. The molecule has 1 aliphatic heterocycles. The third kappa shape index (κ3) is 6.50. The van der Waals surface area contributed by atoms with Crippen molar-refractivity contribution in [1.29, 1.82) is 0 Å². The van der Waals surface area contributed by atoms with Crippen LogP contribution in [0.5, 0.6) is 0 Å². The molecule has 0 aliphatic carbocycles. The van der Waals surface area contributed by atoms with Gasteiger partial charge in [-0.05, 0) is 18.4 Å². The molecule has 0 aromatic rings. The number of piperazine rings is 1. The Bertz CT molecular complexity index is 424. The maximum absolute atomic E-state index is 11.7. The average Bonchev–Trinajstić information content (AvgIpc) is 2.39. The lowest BCUT2D eigenvalue weighted by Crippen LogP contribution is -2.50. The van der Waals surface area contributed by atoms with Gasteiger partial charge >= 0.3 is 0 Å². The minimum Gasteiger partial charge on any atom is -0.391 e. The molecular formula is C15H33N3O3S. The van der Waals surface area contributed by atoms with E-state index in [0.717, 1.165) is 32.7 Å². The Hall–Kier alpha value is -0.210. The summed E-state index contributed by atoms with van der Waals surface area (Å²) in [7, 11) is 0.0772. The molecule has 0 amide bonds. The lowest BCUT2D eigenvalue weighted by atomic mass is 9.89. The zero-order valence-electron chi connectivity index (χ0n) is 14.7. The number of nitrogens with zero attached hydrogens (tertiary/aromatic N) is 3. The molecule has 1 saturated heterocycles. The van der Waals surface area contributed by atoms with E-state index in [9.17, 15) is 13.5 Å². The minimum absolute atomic E-state index is 0.0856. The van der Waals surface area contributed by atoms with Gasteiger partial charge in [0.25, 0.3) is 0 Å².